The van der Waals surface area contributed by atoms with Crippen LogP contribution in [0, 0.1) is 0 Å². The molecule has 0 radical (unpaired) electrons. The molecular weight excluding hydrogens is 296 g/mol. The van der Waals surface area contributed by atoms with Crippen LogP contribution >= 0.6 is 12.2 Å². The Bertz CT molecular complexity index is 599. The van der Waals surface area contributed by atoms with Gasteiger partial charge in [0.25, 0.3) is 0 Å². The maximum Gasteiger partial charge on any atom is 0.243 e. The van der Waals surface area contributed by atoms with Gasteiger partial charge in [0.05, 0.1) is 17.0 Å². The van der Waals surface area contributed by atoms with Gasteiger partial charge in [0.15, 0.2) is 0 Å². The van der Waals surface area contributed by atoms with Crippen LogP contribution in [-0.4, -0.2) is 43.5 Å². The van der Waals surface area contributed by atoms with Crippen LogP contribution < -0.4 is 5.73 Å². The van der Waals surface area contributed by atoms with Gasteiger partial charge in [-0.3, -0.25) is 0 Å². The molecule has 1 aromatic carbocycles. The fourth-order valence-electron chi connectivity index (χ4n) is 2.33. The predicted molar refractivity (Wildman–Crippen MR) is 81.1 cm³/mol. The summed E-state index contributed by atoms with van der Waals surface area (Å²) in [5.74, 6) is 0. The van der Waals surface area contributed by atoms with Crippen molar-refractivity contribution in [3.63, 3.8) is 0 Å². The third kappa shape index (κ3) is 2.85. The van der Waals surface area contributed by atoms with Gasteiger partial charge in [-0.15, -0.1) is 0 Å². The van der Waals surface area contributed by atoms with E-state index in [0.717, 1.165) is 0 Å². The molecule has 0 bridgehead atoms. The van der Waals surface area contributed by atoms with Crippen LogP contribution in [0.2, 0.25) is 0 Å². The molecule has 5 nitrogen and oxygen atoms in total. The number of nitrogens with two attached hydrogens (primary N) is 1. The standard InChI is InChI=1S/C13H18N2O3S2/c1-9-12(7-8-18-9)15(2)20(16,17)11-5-3-10(4-6-11)13(14)19/h3-6,9,12H,7-8H2,1-2H3,(H2,14,19). The Morgan fingerprint density at radius 2 is 2.00 bits per heavy atom. The van der Waals surface area contributed by atoms with Gasteiger partial charge in [-0.05, 0) is 25.5 Å². The summed E-state index contributed by atoms with van der Waals surface area (Å²) in [4.78, 5) is 0.485. The molecule has 0 aromatic heterocycles. The van der Waals surface area contributed by atoms with Gasteiger partial charge in [0.2, 0.25) is 10.0 Å². The second-order valence-electron chi connectivity index (χ2n) is 4.84. The lowest BCUT2D eigenvalue weighted by Crippen LogP contribution is -2.40. The Hall–Kier alpha value is -1.02. The molecule has 1 aromatic rings. The van der Waals surface area contributed by atoms with E-state index in [1.54, 1.807) is 19.2 Å². The number of benzene rings is 1. The maximum atomic E-state index is 12.6. The van der Waals surface area contributed by atoms with E-state index in [9.17, 15) is 8.42 Å². The second kappa shape index (κ2) is 5.77. The average molecular weight is 314 g/mol. The number of rotatable bonds is 4. The van der Waals surface area contributed by atoms with E-state index >= 15 is 0 Å². The number of thiocarbonyl (C=S) groups is 1. The van der Waals surface area contributed by atoms with Gasteiger partial charge in [0, 0.05) is 19.2 Å². The summed E-state index contributed by atoms with van der Waals surface area (Å²) in [6.45, 7) is 2.48. The summed E-state index contributed by atoms with van der Waals surface area (Å²) >= 11 is 4.85. The van der Waals surface area contributed by atoms with E-state index in [1.165, 1.54) is 16.4 Å². The number of ether oxygens (including phenoxy) is 1. The highest BCUT2D eigenvalue weighted by Gasteiger charge is 2.35. The predicted octanol–water partition coefficient (Wildman–Crippen LogP) is 1.12. The largest absolute Gasteiger partial charge is 0.389 e. The number of nitrogens with zero attached hydrogens (tertiary/aromatic N) is 1. The van der Waals surface area contributed by atoms with E-state index in [-0.39, 0.29) is 22.0 Å². The summed E-state index contributed by atoms with van der Waals surface area (Å²) in [7, 11) is -1.94. The van der Waals surface area contributed by atoms with Crippen molar-refractivity contribution in [2.45, 2.75) is 30.4 Å². The van der Waals surface area contributed by atoms with Gasteiger partial charge in [-0.2, -0.15) is 4.31 Å². The van der Waals surface area contributed by atoms with Crippen molar-refractivity contribution in [2.75, 3.05) is 13.7 Å². The van der Waals surface area contributed by atoms with Gasteiger partial charge < -0.3 is 10.5 Å². The molecule has 0 amide bonds. The molecule has 0 spiro atoms. The molecule has 1 fully saturated rings. The molecule has 0 saturated carbocycles. The Kier molecular flexibility index (Phi) is 4.43. The molecule has 1 aliphatic heterocycles. The van der Waals surface area contributed by atoms with E-state index in [0.29, 0.717) is 18.6 Å². The summed E-state index contributed by atoms with van der Waals surface area (Å²) in [6.07, 6.45) is 0.618. The number of hydrogen-bond donors (Lipinski definition) is 1. The van der Waals surface area contributed by atoms with Crippen molar-refractivity contribution in [1.29, 1.82) is 0 Å². The highest BCUT2D eigenvalue weighted by molar-refractivity contribution is 7.89. The Labute approximate surface area is 124 Å². The van der Waals surface area contributed by atoms with Crippen molar-refractivity contribution >= 4 is 27.2 Å². The zero-order valence-corrected chi connectivity index (χ0v) is 13.1. The number of hydrogen-bond acceptors (Lipinski definition) is 4. The lowest BCUT2D eigenvalue weighted by molar-refractivity contribution is 0.102. The van der Waals surface area contributed by atoms with Crippen molar-refractivity contribution in [3.05, 3.63) is 29.8 Å². The Balaban J connectivity index is 2.27. The van der Waals surface area contributed by atoms with E-state index in [4.69, 9.17) is 22.7 Å². The minimum atomic E-state index is -3.53. The van der Waals surface area contributed by atoms with Crippen molar-refractivity contribution in [2.24, 2.45) is 5.73 Å². The zero-order chi connectivity index (χ0) is 14.9. The van der Waals surface area contributed by atoms with Crippen LogP contribution in [-0.2, 0) is 14.8 Å². The Morgan fingerprint density at radius 3 is 2.45 bits per heavy atom. The van der Waals surface area contributed by atoms with Crippen LogP contribution in [0.1, 0.15) is 18.9 Å². The number of likely N-dealkylation sites (N-methyl/N-ethyl adjacent to an activating group) is 1. The highest BCUT2D eigenvalue weighted by Crippen LogP contribution is 2.24. The van der Waals surface area contributed by atoms with Crippen LogP contribution in [0.5, 0.6) is 0 Å². The van der Waals surface area contributed by atoms with Crippen LogP contribution in [0.15, 0.2) is 29.2 Å². The fraction of sp³-hybridized carbons (Fsp3) is 0.462. The molecular formula is C13H18N2O3S2. The molecule has 0 aliphatic carbocycles. The van der Waals surface area contributed by atoms with Crippen molar-refractivity contribution in [1.82, 2.24) is 4.31 Å². The van der Waals surface area contributed by atoms with E-state index in [2.05, 4.69) is 0 Å². The molecule has 2 N–H and O–H groups in total. The normalized spacial score (nSPS) is 23.1. The molecule has 2 atom stereocenters. The lowest BCUT2D eigenvalue weighted by atomic mass is 10.2. The minimum Gasteiger partial charge on any atom is -0.389 e. The molecule has 1 heterocycles. The Morgan fingerprint density at radius 1 is 1.40 bits per heavy atom. The molecule has 2 unspecified atom stereocenters. The van der Waals surface area contributed by atoms with Gasteiger partial charge in [0.1, 0.15) is 4.99 Å². The minimum absolute atomic E-state index is 0.0920. The molecule has 7 heteroatoms. The zero-order valence-electron chi connectivity index (χ0n) is 11.4. The first-order valence-electron chi connectivity index (χ1n) is 6.33. The SMILES string of the molecule is CC1OCCC1N(C)S(=O)(=O)c1ccc(C(N)=S)cc1. The van der Waals surface area contributed by atoms with Gasteiger partial charge in [-0.1, -0.05) is 24.4 Å². The highest BCUT2D eigenvalue weighted by atomic mass is 32.2. The molecule has 1 saturated heterocycles. The first kappa shape index (κ1) is 15.4. The monoisotopic (exact) mass is 314 g/mol. The molecule has 20 heavy (non-hydrogen) atoms. The third-order valence-corrected chi connectivity index (χ3v) is 5.75. The van der Waals surface area contributed by atoms with Gasteiger partial charge in [-0.25, -0.2) is 8.42 Å². The molecule has 2 rings (SSSR count). The molecule has 1 aliphatic rings. The fourth-order valence-corrected chi connectivity index (χ4v) is 3.92. The topological polar surface area (TPSA) is 72.6 Å². The maximum absolute atomic E-state index is 12.6. The third-order valence-electron chi connectivity index (χ3n) is 3.62. The summed E-state index contributed by atoms with van der Waals surface area (Å²) < 4.78 is 31.9. The van der Waals surface area contributed by atoms with Gasteiger partial charge >= 0.3 is 0 Å². The summed E-state index contributed by atoms with van der Waals surface area (Å²) in [6, 6.07) is 6.17. The smallest absolute Gasteiger partial charge is 0.243 e. The van der Waals surface area contributed by atoms with Crippen molar-refractivity contribution in [3.8, 4) is 0 Å². The summed E-state index contributed by atoms with van der Waals surface area (Å²) in [5, 5.41) is 0. The summed E-state index contributed by atoms with van der Waals surface area (Å²) in [5.41, 5.74) is 6.16. The number of sulfonamides is 1. The molecule has 110 valence electrons. The first-order chi connectivity index (χ1) is 9.34. The van der Waals surface area contributed by atoms with Crippen LogP contribution in [0.25, 0.3) is 0 Å². The van der Waals surface area contributed by atoms with E-state index in [1.807, 2.05) is 6.92 Å². The van der Waals surface area contributed by atoms with Crippen LogP contribution in [0.4, 0.5) is 0 Å². The first-order valence-corrected chi connectivity index (χ1v) is 8.18. The average Bonchev–Trinajstić information content (AvgIpc) is 2.84. The van der Waals surface area contributed by atoms with Crippen molar-refractivity contribution < 1.29 is 13.2 Å². The van der Waals surface area contributed by atoms with E-state index < -0.39 is 10.0 Å². The lowest BCUT2D eigenvalue weighted by Gasteiger charge is -2.26. The second-order valence-corrected chi connectivity index (χ2v) is 7.28. The van der Waals surface area contributed by atoms with Crippen LogP contribution in [0.3, 0.4) is 0 Å². The quantitative estimate of drug-likeness (QED) is 0.843.